The summed E-state index contributed by atoms with van der Waals surface area (Å²) in [6.45, 7) is 7.46. The van der Waals surface area contributed by atoms with Gasteiger partial charge in [-0.1, -0.05) is 18.7 Å². The Bertz CT molecular complexity index is 324. The summed E-state index contributed by atoms with van der Waals surface area (Å²) in [4.78, 5) is 11.2. The van der Waals surface area contributed by atoms with Gasteiger partial charge in [0.25, 0.3) is 0 Å². The van der Waals surface area contributed by atoms with Crippen LogP contribution >= 0.6 is 0 Å². The molecular formula is C11H12O. The van der Waals surface area contributed by atoms with Gasteiger partial charge in [-0.3, -0.25) is 4.79 Å². The maximum Gasteiger partial charge on any atom is 0.185 e. The molecule has 1 aromatic carbocycles. The summed E-state index contributed by atoms with van der Waals surface area (Å²) in [5.74, 6) is -0.0156. The SMILES string of the molecule is C=CC(=O)c1ccc(C)c(C)c1. The van der Waals surface area contributed by atoms with E-state index in [1.807, 2.05) is 32.0 Å². The molecule has 1 heteroatoms. The van der Waals surface area contributed by atoms with Gasteiger partial charge >= 0.3 is 0 Å². The molecule has 0 bridgehead atoms. The van der Waals surface area contributed by atoms with Crippen LogP contribution in [-0.4, -0.2) is 5.78 Å². The molecule has 0 heterocycles. The maximum atomic E-state index is 11.2. The van der Waals surface area contributed by atoms with Gasteiger partial charge in [0.15, 0.2) is 5.78 Å². The molecule has 0 fully saturated rings. The second kappa shape index (κ2) is 3.35. The minimum absolute atomic E-state index is 0.0156. The van der Waals surface area contributed by atoms with Crippen LogP contribution in [0.25, 0.3) is 0 Å². The second-order valence-corrected chi connectivity index (χ2v) is 2.87. The van der Waals surface area contributed by atoms with Crippen LogP contribution in [-0.2, 0) is 0 Å². The van der Waals surface area contributed by atoms with E-state index >= 15 is 0 Å². The van der Waals surface area contributed by atoms with Crippen molar-refractivity contribution in [3.8, 4) is 0 Å². The van der Waals surface area contributed by atoms with Gasteiger partial charge in [0.2, 0.25) is 0 Å². The number of hydrogen-bond acceptors (Lipinski definition) is 1. The molecule has 0 atom stereocenters. The van der Waals surface area contributed by atoms with E-state index < -0.39 is 0 Å². The Morgan fingerprint density at radius 3 is 2.50 bits per heavy atom. The third kappa shape index (κ3) is 1.62. The highest BCUT2D eigenvalue weighted by molar-refractivity contribution is 6.04. The van der Waals surface area contributed by atoms with E-state index in [0.29, 0.717) is 5.56 Å². The summed E-state index contributed by atoms with van der Waals surface area (Å²) >= 11 is 0. The lowest BCUT2D eigenvalue weighted by Crippen LogP contribution is -1.94. The molecular weight excluding hydrogens is 148 g/mol. The molecule has 0 radical (unpaired) electrons. The number of ketones is 1. The summed E-state index contributed by atoms with van der Waals surface area (Å²) in [6, 6.07) is 5.66. The van der Waals surface area contributed by atoms with Crippen molar-refractivity contribution < 1.29 is 4.79 Å². The van der Waals surface area contributed by atoms with Crippen molar-refractivity contribution in [1.29, 1.82) is 0 Å². The quantitative estimate of drug-likeness (QED) is 0.480. The zero-order valence-electron chi connectivity index (χ0n) is 7.42. The first-order chi connectivity index (χ1) is 5.65. The van der Waals surface area contributed by atoms with Crippen LogP contribution in [0.3, 0.4) is 0 Å². The van der Waals surface area contributed by atoms with Gasteiger partial charge in [-0.25, -0.2) is 0 Å². The van der Waals surface area contributed by atoms with Crippen LogP contribution in [0.4, 0.5) is 0 Å². The smallest absolute Gasteiger partial charge is 0.185 e. The third-order valence-electron chi connectivity index (χ3n) is 1.98. The largest absolute Gasteiger partial charge is 0.289 e. The number of carbonyl (C=O) groups excluding carboxylic acids is 1. The number of benzene rings is 1. The Morgan fingerprint density at radius 2 is 2.00 bits per heavy atom. The molecule has 1 nitrogen and oxygen atoms in total. The highest BCUT2D eigenvalue weighted by atomic mass is 16.1. The molecule has 1 aromatic rings. The topological polar surface area (TPSA) is 17.1 Å². The molecule has 0 amide bonds. The summed E-state index contributed by atoms with van der Waals surface area (Å²) in [5, 5.41) is 0. The van der Waals surface area contributed by atoms with Crippen molar-refractivity contribution in [1.82, 2.24) is 0 Å². The van der Waals surface area contributed by atoms with Crippen LogP contribution in [0, 0.1) is 13.8 Å². The van der Waals surface area contributed by atoms with E-state index in [-0.39, 0.29) is 5.78 Å². The van der Waals surface area contributed by atoms with Crippen molar-refractivity contribution in [2.24, 2.45) is 0 Å². The van der Waals surface area contributed by atoms with Gasteiger partial charge in [-0.05, 0) is 37.1 Å². The molecule has 0 unspecified atom stereocenters. The monoisotopic (exact) mass is 160 g/mol. The molecule has 0 spiro atoms. The Hall–Kier alpha value is -1.37. The van der Waals surface area contributed by atoms with E-state index in [9.17, 15) is 4.79 Å². The van der Waals surface area contributed by atoms with E-state index in [1.54, 1.807) is 0 Å². The van der Waals surface area contributed by atoms with Crippen LogP contribution < -0.4 is 0 Å². The predicted octanol–water partition coefficient (Wildman–Crippen LogP) is 2.67. The fourth-order valence-electron chi connectivity index (χ4n) is 1.01. The average molecular weight is 160 g/mol. The number of allylic oxidation sites excluding steroid dienone is 1. The molecule has 0 aliphatic rings. The van der Waals surface area contributed by atoms with E-state index in [2.05, 4.69) is 6.58 Å². The number of aryl methyl sites for hydroxylation is 2. The first kappa shape index (κ1) is 8.72. The summed E-state index contributed by atoms with van der Waals surface area (Å²) < 4.78 is 0. The lowest BCUT2D eigenvalue weighted by Gasteiger charge is -2.01. The Balaban J connectivity index is 3.13. The standard InChI is InChI=1S/C11H12O/c1-4-11(12)10-6-5-8(2)9(3)7-10/h4-7H,1H2,2-3H3. The summed E-state index contributed by atoms with van der Waals surface area (Å²) in [5.41, 5.74) is 3.06. The van der Waals surface area contributed by atoms with Crippen molar-refractivity contribution in [2.75, 3.05) is 0 Å². The predicted molar refractivity (Wildman–Crippen MR) is 50.4 cm³/mol. The zero-order valence-corrected chi connectivity index (χ0v) is 7.42. The first-order valence-corrected chi connectivity index (χ1v) is 3.89. The van der Waals surface area contributed by atoms with Gasteiger partial charge in [0, 0.05) is 5.56 Å². The summed E-state index contributed by atoms with van der Waals surface area (Å²) in [7, 11) is 0. The van der Waals surface area contributed by atoms with Crippen molar-refractivity contribution >= 4 is 5.78 Å². The fraction of sp³-hybridized carbons (Fsp3) is 0.182. The fourth-order valence-corrected chi connectivity index (χ4v) is 1.01. The lowest BCUT2D eigenvalue weighted by atomic mass is 10.0. The second-order valence-electron chi connectivity index (χ2n) is 2.87. The lowest BCUT2D eigenvalue weighted by molar-refractivity contribution is 0.104. The molecule has 0 N–H and O–H groups in total. The van der Waals surface area contributed by atoms with Gasteiger partial charge in [-0.2, -0.15) is 0 Å². The molecule has 0 saturated carbocycles. The van der Waals surface area contributed by atoms with Gasteiger partial charge < -0.3 is 0 Å². The number of hydrogen-bond donors (Lipinski definition) is 0. The summed E-state index contributed by atoms with van der Waals surface area (Å²) in [6.07, 6.45) is 1.34. The highest BCUT2D eigenvalue weighted by Gasteiger charge is 2.01. The first-order valence-electron chi connectivity index (χ1n) is 3.89. The van der Waals surface area contributed by atoms with E-state index in [1.165, 1.54) is 11.6 Å². The van der Waals surface area contributed by atoms with Gasteiger partial charge in [0.05, 0.1) is 0 Å². The molecule has 0 aliphatic heterocycles. The molecule has 62 valence electrons. The molecule has 0 saturated heterocycles. The van der Waals surface area contributed by atoms with Gasteiger partial charge in [-0.15, -0.1) is 0 Å². The van der Waals surface area contributed by atoms with E-state index in [0.717, 1.165) is 5.56 Å². The van der Waals surface area contributed by atoms with Gasteiger partial charge in [0.1, 0.15) is 0 Å². The molecule has 0 aromatic heterocycles. The van der Waals surface area contributed by atoms with Crippen molar-refractivity contribution in [3.63, 3.8) is 0 Å². The number of carbonyl (C=O) groups is 1. The minimum atomic E-state index is -0.0156. The third-order valence-corrected chi connectivity index (χ3v) is 1.98. The minimum Gasteiger partial charge on any atom is -0.289 e. The van der Waals surface area contributed by atoms with Crippen molar-refractivity contribution in [2.45, 2.75) is 13.8 Å². The Kier molecular flexibility index (Phi) is 2.44. The van der Waals surface area contributed by atoms with E-state index in [4.69, 9.17) is 0 Å². The van der Waals surface area contributed by atoms with Crippen LogP contribution in [0.5, 0.6) is 0 Å². The Morgan fingerprint density at radius 1 is 1.33 bits per heavy atom. The molecule has 12 heavy (non-hydrogen) atoms. The van der Waals surface area contributed by atoms with Crippen LogP contribution in [0.2, 0.25) is 0 Å². The highest BCUT2D eigenvalue weighted by Crippen LogP contribution is 2.10. The molecule has 1 rings (SSSR count). The van der Waals surface area contributed by atoms with Crippen LogP contribution in [0.1, 0.15) is 21.5 Å². The van der Waals surface area contributed by atoms with Crippen molar-refractivity contribution in [3.05, 3.63) is 47.5 Å². The van der Waals surface area contributed by atoms with Crippen LogP contribution in [0.15, 0.2) is 30.9 Å². The average Bonchev–Trinajstić information content (AvgIpc) is 2.08. The normalized spacial score (nSPS) is 9.50. The maximum absolute atomic E-state index is 11.2. The number of rotatable bonds is 2. The molecule has 0 aliphatic carbocycles. The Labute approximate surface area is 72.7 Å². The zero-order chi connectivity index (χ0) is 9.14.